The molecular weight excluding hydrogens is 140 g/mol. The highest BCUT2D eigenvalue weighted by molar-refractivity contribution is 6.08. The average Bonchev–Trinajstić information content (AvgIpc) is 2.27. The van der Waals surface area contributed by atoms with Crippen LogP contribution in [0, 0.1) is 5.41 Å². The first-order valence-electron chi connectivity index (χ1n) is 3.24. The van der Waals surface area contributed by atoms with Crippen molar-refractivity contribution in [2.24, 2.45) is 4.99 Å². The van der Waals surface area contributed by atoms with Gasteiger partial charge in [0, 0.05) is 11.3 Å². The molecule has 1 aromatic rings. The molecule has 11 heavy (non-hydrogen) atoms. The van der Waals surface area contributed by atoms with Gasteiger partial charge in [0.15, 0.2) is 0 Å². The van der Waals surface area contributed by atoms with E-state index in [1.807, 2.05) is 0 Å². The van der Waals surface area contributed by atoms with Gasteiger partial charge in [-0.05, 0) is 18.2 Å². The second kappa shape index (κ2) is 1.92. The maximum Gasteiger partial charge on any atom is 0.145 e. The molecule has 0 atom stereocenters. The molecule has 0 saturated heterocycles. The summed E-state index contributed by atoms with van der Waals surface area (Å²) >= 11 is 0. The predicted molar refractivity (Wildman–Crippen MR) is 41.1 cm³/mol. The zero-order valence-electron chi connectivity index (χ0n) is 5.70. The minimum atomic E-state index is 0.190. The highest BCUT2D eigenvalue weighted by atomic mass is 16.3. The molecule has 0 bridgehead atoms. The third-order valence-electron chi connectivity index (χ3n) is 1.55. The van der Waals surface area contributed by atoms with Crippen LogP contribution >= 0.6 is 0 Å². The molecule has 54 valence electrons. The van der Waals surface area contributed by atoms with Crippen LogP contribution in [0.3, 0.4) is 0 Å². The number of fused-ring (bicyclic) bond motifs is 1. The molecule has 0 amide bonds. The Labute approximate surface area is 62.8 Å². The molecule has 0 aromatic heterocycles. The van der Waals surface area contributed by atoms with Gasteiger partial charge in [0.25, 0.3) is 0 Å². The third-order valence-corrected chi connectivity index (χ3v) is 1.55. The van der Waals surface area contributed by atoms with E-state index in [0.717, 1.165) is 5.22 Å². The third kappa shape index (κ3) is 0.902. The smallest absolute Gasteiger partial charge is 0.145 e. The molecule has 0 saturated carbocycles. The summed E-state index contributed by atoms with van der Waals surface area (Å²) in [5.41, 5.74) is 0. The van der Waals surface area contributed by atoms with E-state index in [4.69, 9.17) is 10.5 Å². The highest BCUT2D eigenvalue weighted by Gasteiger charge is 1.99. The van der Waals surface area contributed by atoms with E-state index in [9.17, 15) is 0 Å². The Morgan fingerprint density at radius 3 is 3.00 bits per heavy atom. The summed E-state index contributed by atoms with van der Waals surface area (Å²) in [4.78, 5) is 3.88. The summed E-state index contributed by atoms with van der Waals surface area (Å²) in [5, 5.41) is 17.8. The summed E-state index contributed by atoms with van der Waals surface area (Å²) in [6.45, 7) is 0. The molecule has 0 aliphatic carbocycles. The number of phenols is 1. The van der Waals surface area contributed by atoms with E-state index in [1.165, 1.54) is 0 Å². The first kappa shape index (κ1) is 6.09. The van der Waals surface area contributed by atoms with Crippen LogP contribution in [0.1, 0.15) is 0 Å². The first-order chi connectivity index (χ1) is 5.25. The van der Waals surface area contributed by atoms with Crippen LogP contribution in [0.4, 0.5) is 0 Å². The molecule has 2 N–H and O–H groups in total. The number of aromatic hydroxyl groups is 1. The molecule has 1 aliphatic rings. The molecule has 1 heterocycles. The molecule has 0 radical (unpaired) electrons. The maximum absolute atomic E-state index is 9.04. The number of amidine groups is 1. The minimum Gasteiger partial charge on any atom is -0.508 e. The first-order valence-corrected chi connectivity index (χ1v) is 3.24. The second-order valence-corrected chi connectivity index (χ2v) is 2.38. The van der Waals surface area contributed by atoms with E-state index in [0.29, 0.717) is 5.36 Å². The van der Waals surface area contributed by atoms with Crippen molar-refractivity contribution in [3.8, 4) is 5.75 Å². The number of rotatable bonds is 0. The number of benzene rings is 1. The van der Waals surface area contributed by atoms with Crippen molar-refractivity contribution < 1.29 is 5.11 Å². The molecule has 0 unspecified atom stereocenters. The van der Waals surface area contributed by atoms with Crippen molar-refractivity contribution in [3.05, 3.63) is 28.8 Å². The lowest BCUT2D eigenvalue weighted by Crippen LogP contribution is -2.19. The van der Waals surface area contributed by atoms with E-state index in [-0.39, 0.29) is 11.6 Å². The number of hydrogen-bond donors (Lipinski definition) is 2. The molecule has 2 rings (SSSR count). The van der Waals surface area contributed by atoms with E-state index >= 15 is 0 Å². The SMILES string of the molecule is N=C1C=c2ccc(O)cc2=N1. The van der Waals surface area contributed by atoms with Crippen LogP contribution in [0.5, 0.6) is 5.75 Å². The lowest BCUT2D eigenvalue weighted by Gasteiger charge is -1.86. The van der Waals surface area contributed by atoms with Gasteiger partial charge < -0.3 is 5.11 Å². The van der Waals surface area contributed by atoms with Gasteiger partial charge in [-0.15, -0.1) is 0 Å². The Bertz CT molecular complexity index is 434. The van der Waals surface area contributed by atoms with Gasteiger partial charge in [-0.3, -0.25) is 5.41 Å². The fourth-order valence-electron chi connectivity index (χ4n) is 1.06. The number of nitrogens with zero attached hydrogens (tertiary/aromatic N) is 1. The van der Waals surface area contributed by atoms with Crippen molar-refractivity contribution >= 4 is 11.9 Å². The van der Waals surface area contributed by atoms with Crippen LogP contribution in [-0.2, 0) is 0 Å². The van der Waals surface area contributed by atoms with Gasteiger partial charge in [0.1, 0.15) is 11.6 Å². The average molecular weight is 146 g/mol. The van der Waals surface area contributed by atoms with Crippen molar-refractivity contribution in [2.45, 2.75) is 0 Å². The lowest BCUT2D eigenvalue weighted by atomic mass is 10.3. The quantitative estimate of drug-likeness (QED) is 0.522. The molecule has 1 aromatic carbocycles. The van der Waals surface area contributed by atoms with Gasteiger partial charge in [-0.2, -0.15) is 0 Å². The lowest BCUT2D eigenvalue weighted by molar-refractivity contribution is 0.474. The van der Waals surface area contributed by atoms with Crippen LogP contribution < -0.4 is 10.6 Å². The van der Waals surface area contributed by atoms with Gasteiger partial charge in [0.2, 0.25) is 0 Å². The second-order valence-electron chi connectivity index (χ2n) is 2.38. The zero-order valence-corrected chi connectivity index (χ0v) is 5.70. The van der Waals surface area contributed by atoms with Gasteiger partial charge in [-0.25, -0.2) is 4.99 Å². The molecule has 3 heteroatoms. The van der Waals surface area contributed by atoms with Gasteiger partial charge >= 0.3 is 0 Å². The van der Waals surface area contributed by atoms with E-state index in [2.05, 4.69) is 4.99 Å². The van der Waals surface area contributed by atoms with E-state index in [1.54, 1.807) is 24.3 Å². The minimum absolute atomic E-state index is 0.190. The number of nitrogens with one attached hydrogen (secondary N) is 1. The number of hydrogen-bond acceptors (Lipinski definition) is 2. The fourth-order valence-corrected chi connectivity index (χ4v) is 1.06. The predicted octanol–water partition coefficient (Wildman–Crippen LogP) is -0.217. The molecule has 1 aliphatic heterocycles. The number of phenolic OH excluding ortho intramolecular Hbond substituents is 1. The maximum atomic E-state index is 9.04. The van der Waals surface area contributed by atoms with Crippen LogP contribution in [0.15, 0.2) is 23.2 Å². The van der Waals surface area contributed by atoms with Crippen LogP contribution in [-0.4, -0.2) is 10.9 Å². The Hall–Kier alpha value is -1.64. The van der Waals surface area contributed by atoms with Crippen LogP contribution in [0.2, 0.25) is 0 Å². The molecule has 3 nitrogen and oxygen atoms in total. The molecule has 0 spiro atoms. The van der Waals surface area contributed by atoms with Crippen molar-refractivity contribution in [1.29, 1.82) is 5.41 Å². The Morgan fingerprint density at radius 1 is 1.36 bits per heavy atom. The monoisotopic (exact) mass is 146 g/mol. The van der Waals surface area contributed by atoms with Crippen molar-refractivity contribution in [2.75, 3.05) is 0 Å². The molecule has 0 fully saturated rings. The largest absolute Gasteiger partial charge is 0.508 e. The van der Waals surface area contributed by atoms with Gasteiger partial charge in [0.05, 0.1) is 5.36 Å². The Morgan fingerprint density at radius 2 is 2.18 bits per heavy atom. The topological polar surface area (TPSA) is 56.4 Å². The zero-order chi connectivity index (χ0) is 7.84. The fraction of sp³-hybridized carbons (Fsp3) is 0. The summed E-state index contributed by atoms with van der Waals surface area (Å²) < 4.78 is 0. The highest BCUT2D eigenvalue weighted by Crippen LogP contribution is 1.99. The summed E-state index contributed by atoms with van der Waals surface area (Å²) in [7, 11) is 0. The normalized spacial score (nSPS) is 13.6. The van der Waals surface area contributed by atoms with Crippen LogP contribution in [0.25, 0.3) is 6.08 Å². The summed E-state index contributed by atoms with van der Waals surface area (Å²) in [6.07, 6.45) is 1.66. The Balaban J connectivity index is 2.89. The Kier molecular flexibility index (Phi) is 1.06. The van der Waals surface area contributed by atoms with Crippen molar-refractivity contribution in [3.63, 3.8) is 0 Å². The van der Waals surface area contributed by atoms with Crippen molar-refractivity contribution in [1.82, 2.24) is 0 Å². The summed E-state index contributed by atoms with van der Waals surface area (Å²) in [6, 6.07) is 4.88. The van der Waals surface area contributed by atoms with E-state index < -0.39 is 0 Å². The van der Waals surface area contributed by atoms with Gasteiger partial charge in [-0.1, -0.05) is 0 Å². The molecular formula is C8H6N2O. The summed E-state index contributed by atoms with van der Waals surface area (Å²) in [5.74, 6) is 0.432. The standard InChI is InChI=1S/C8H6N2O/c9-8-3-5-1-2-6(11)4-7(5)10-8/h1-4,9,11H.